The summed E-state index contributed by atoms with van der Waals surface area (Å²) in [6.07, 6.45) is 0. The van der Waals surface area contributed by atoms with Crippen molar-refractivity contribution >= 4 is 23.2 Å². The van der Waals surface area contributed by atoms with E-state index in [0.717, 1.165) is 22.3 Å². The summed E-state index contributed by atoms with van der Waals surface area (Å²) in [6.45, 7) is 3.71. The van der Waals surface area contributed by atoms with Gasteiger partial charge in [-0.2, -0.15) is 0 Å². The molecule has 0 saturated heterocycles. The number of anilines is 2. The number of halogens is 2. The lowest BCUT2D eigenvalue weighted by Crippen LogP contribution is -2.14. The van der Waals surface area contributed by atoms with E-state index in [1.165, 1.54) is 36.4 Å². The first kappa shape index (κ1) is 22.9. The molecule has 0 radical (unpaired) electrons. The molecule has 4 aromatic rings. The highest BCUT2D eigenvalue weighted by Gasteiger charge is 2.14. The lowest BCUT2D eigenvalue weighted by atomic mass is 9.99. The zero-order valence-corrected chi connectivity index (χ0v) is 18.7. The summed E-state index contributed by atoms with van der Waals surface area (Å²) < 4.78 is 27.8. The van der Waals surface area contributed by atoms with E-state index in [2.05, 4.69) is 10.6 Å². The van der Waals surface area contributed by atoms with Crippen LogP contribution in [0.4, 0.5) is 20.2 Å². The monoisotopic (exact) mass is 456 g/mol. The maximum Gasteiger partial charge on any atom is 0.258 e. The number of aryl methyl sites for hydroxylation is 2. The SMILES string of the molecule is Cc1cc(-c2ccc(NC(=O)c3ccccc3F)c(C)c2)ccc1NC(=O)c1ccccc1F. The van der Waals surface area contributed by atoms with E-state index in [0.29, 0.717) is 11.4 Å². The molecule has 4 aromatic carbocycles. The molecule has 0 aliphatic rings. The molecule has 34 heavy (non-hydrogen) atoms. The number of rotatable bonds is 5. The first-order valence-corrected chi connectivity index (χ1v) is 10.7. The van der Waals surface area contributed by atoms with Gasteiger partial charge in [0, 0.05) is 11.4 Å². The molecule has 0 fully saturated rings. The van der Waals surface area contributed by atoms with E-state index in [1.54, 1.807) is 24.3 Å². The highest BCUT2D eigenvalue weighted by atomic mass is 19.1. The molecule has 170 valence electrons. The maximum atomic E-state index is 13.9. The summed E-state index contributed by atoms with van der Waals surface area (Å²) >= 11 is 0. The third-order valence-electron chi connectivity index (χ3n) is 5.52. The van der Waals surface area contributed by atoms with E-state index in [4.69, 9.17) is 0 Å². The number of amides is 2. The highest BCUT2D eigenvalue weighted by molar-refractivity contribution is 6.05. The summed E-state index contributed by atoms with van der Waals surface area (Å²) in [4.78, 5) is 24.9. The molecule has 0 spiro atoms. The summed E-state index contributed by atoms with van der Waals surface area (Å²) in [5.41, 5.74) is 4.59. The zero-order valence-electron chi connectivity index (χ0n) is 18.7. The van der Waals surface area contributed by atoms with Crippen LogP contribution in [-0.2, 0) is 0 Å². The van der Waals surface area contributed by atoms with Gasteiger partial charge in [0.25, 0.3) is 11.8 Å². The smallest absolute Gasteiger partial charge is 0.258 e. The van der Waals surface area contributed by atoms with Crippen LogP contribution in [0.2, 0.25) is 0 Å². The average molecular weight is 456 g/mol. The van der Waals surface area contributed by atoms with Crippen molar-refractivity contribution in [2.75, 3.05) is 10.6 Å². The summed E-state index contributed by atoms with van der Waals surface area (Å²) in [6, 6.07) is 22.7. The number of nitrogens with one attached hydrogen (secondary N) is 2. The van der Waals surface area contributed by atoms with Gasteiger partial charge in [0.2, 0.25) is 0 Å². The van der Waals surface area contributed by atoms with Crippen LogP contribution in [0.25, 0.3) is 11.1 Å². The van der Waals surface area contributed by atoms with Crippen molar-refractivity contribution in [1.29, 1.82) is 0 Å². The minimum Gasteiger partial charge on any atom is -0.322 e. The molecule has 4 rings (SSSR count). The zero-order chi connectivity index (χ0) is 24.2. The Bertz CT molecular complexity index is 1290. The Kier molecular flexibility index (Phi) is 6.50. The molecular weight excluding hydrogens is 434 g/mol. The lowest BCUT2D eigenvalue weighted by molar-refractivity contribution is 0.101. The maximum absolute atomic E-state index is 13.9. The van der Waals surface area contributed by atoms with E-state index >= 15 is 0 Å². The van der Waals surface area contributed by atoms with Gasteiger partial charge in [-0.3, -0.25) is 9.59 Å². The summed E-state index contributed by atoms with van der Waals surface area (Å²) in [7, 11) is 0. The van der Waals surface area contributed by atoms with Crippen molar-refractivity contribution in [3.05, 3.63) is 119 Å². The van der Waals surface area contributed by atoms with Crippen LogP contribution in [0.1, 0.15) is 31.8 Å². The van der Waals surface area contributed by atoms with Crippen LogP contribution in [0, 0.1) is 25.5 Å². The molecule has 0 saturated carbocycles. The van der Waals surface area contributed by atoms with E-state index < -0.39 is 23.4 Å². The number of benzene rings is 4. The van der Waals surface area contributed by atoms with E-state index in [9.17, 15) is 18.4 Å². The average Bonchev–Trinajstić information content (AvgIpc) is 2.82. The van der Waals surface area contributed by atoms with Gasteiger partial charge in [0.05, 0.1) is 11.1 Å². The second-order valence-corrected chi connectivity index (χ2v) is 7.93. The van der Waals surface area contributed by atoms with E-state index in [1.807, 2.05) is 38.1 Å². The van der Waals surface area contributed by atoms with Crippen LogP contribution in [0.5, 0.6) is 0 Å². The van der Waals surface area contributed by atoms with Crippen molar-refractivity contribution in [3.63, 3.8) is 0 Å². The number of hydrogen-bond donors (Lipinski definition) is 2. The fourth-order valence-electron chi connectivity index (χ4n) is 3.64. The van der Waals surface area contributed by atoms with Gasteiger partial charge >= 0.3 is 0 Å². The minimum atomic E-state index is -0.577. The van der Waals surface area contributed by atoms with Crippen LogP contribution >= 0.6 is 0 Å². The Labute approximate surface area is 196 Å². The van der Waals surface area contributed by atoms with Crippen molar-refractivity contribution in [2.24, 2.45) is 0 Å². The fraction of sp³-hybridized carbons (Fsp3) is 0.0714. The van der Waals surface area contributed by atoms with Crippen molar-refractivity contribution in [3.8, 4) is 11.1 Å². The molecule has 4 nitrogen and oxygen atoms in total. The van der Waals surface area contributed by atoms with Gasteiger partial charge < -0.3 is 10.6 Å². The van der Waals surface area contributed by atoms with Crippen molar-refractivity contribution in [2.45, 2.75) is 13.8 Å². The van der Waals surface area contributed by atoms with Gasteiger partial charge in [-0.25, -0.2) is 8.78 Å². The fourth-order valence-corrected chi connectivity index (χ4v) is 3.64. The summed E-state index contributed by atoms with van der Waals surface area (Å²) in [5, 5.41) is 5.50. The quantitative estimate of drug-likeness (QED) is 0.349. The Hall–Kier alpha value is -4.32. The number of hydrogen-bond acceptors (Lipinski definition) is 2. The van der Waals surface area contributed by atoms with Crippen LogP contribution in [0.15, 0.2) is 84.9 Å². The van der Waals surface area contributed by atoms with Gasteiger partial charge in [-0.1, -0.05) is 36.4 Å². The van der Waals surface area contributed by atoms with Gasteiger partial charge in [0.1, 0.15) is 11.6 Å². The predicted octanol–water partition coefficient (Wildman–Crippen LogP) is 6.75. The Morgan fingerprint density at radius 3 is 1.32 bits per heavy atom. The molecule has 0 heterocycles. The third-order valence-corrected chi connectivity index (χ3v) is 5.52. The standard InChI is InChI=1S/C28H22F2N2O2/c1-17-15-19(11-13-25(17)31-27(33)21-7-3-5-9-23(21)29)20-12-14-26(18(2)16-20)32-28(34)22-8-4-6-10-24(22)30/h3-16H,1-2H3,(H,31,33)(H,32,34). The third kappa shape index (κ3) is 4.86. The highest BCUT2D eigenvalue weighted by Crippen LogP contribution is 2.29. The number of carbonyl (C=O) groups is 2. The topological polar surface area (TPSA) is 58.2 Å². The van der Waals surface area contributed by atoms with Gasteiger partial charge in [0.15, 0.2) is 0 Å². The predicted molar refractivity (Wildman–Crippen MR) is 130 cm³/mol. The first-order valence-electron chi connectivity index (χ1n) is 10.7. The molecule has 6 heteroatoms. The molecule has 0 aliphatic heterocycles. The Morgan fingerprint density at radius 1 is 0.588 bits per heavy atom. The Morgan fingerprint density at radius 2 is 0.971 bits per heavy atom. The lowest BCUT2D eigenvalue weighted by Gasteiger charge is -2.13. The molecular formula is C28H22F2N2O2. The molecule has 0 unspecified atom stereocenters. The summed E-state index contributed by atoms with van der Waals surface area (Å²) in [5.74, 6) is -2.18. The second-order valence-electron chi connectivity index (χ2n) is 7.93. The van der Waals surface area contributed by atoms with Crippen LogP contribution in [0.3, 0.4) is 0 Å². The first-order chi connectivity index (χ1) is 16.3. The van der Waals surface area contributed by atoms with Crippen molar-refractivity contribution in [1.82, 2.24) is 0 Å². The largest absolute Gasteiger partial charge is 0.322 e. The molecule has 2 N–H and O–H groups in total. The molecule has 0 aliphatic carbocycles. The minimum absolute atomic E-state index is 0.0189. The second kappa shape index (κ2) is 9.67. The Balaban J connectivity index is 1.51. The van der Waals surface area contributed by atoms with E-state index in [-0.39, 0.29) is 11.1 Å². The van der Waals surface area contributed by atoms with Crippen LogP contribution in [-0.4, -0.2) is 11.8 Å². The molecule has 0 aromatic heterocycles. The molecule has 0 atom stereocenters. The van der Waals surface area contributed by atoms with Gasteiger partial charge in [-0.15, -0.1) is 0 Å². The normalized spacial score (nSPS) is 10.6. The number of carbonyl (C=O) groups excluding carboxylic acids is 2. The van der Waals surface area contributed by atoms with Gasteiger partial charge in [-0.05, 0) is 84.6 Å². The van der Waals surface area contributed by atoms with Crippen molar-refractivity contribution < 1.29 is 18.4 Å². The molecule has 2 amide bonds. The van der Waals surface area contributed by atoms with Crippen LogP contribution < -0.4 is 10.6 Å². The molecule has 0 bridgehead atoms.